The molecule has 1 N–H and O–H groups in total. The van der Waals surface area contributed by atoms with E-state index in [9.17, 15) is 9.59 Å². The van der Waals surface area contributed by atoms with E-state index in [1.165, 1.54) is 64.2 Å². The number of aliphatic carboxylic acids is 1. The second kappa shape index (κ2) is 31.4. The van der Waals surface area contributed by atoms with Crippen molar-refractivity contribution in [3.05, 3.63) is 48.6 Å². The van der Waals surface area contributed by atoms with Crippen LogP contribution in [0.5, 0.6) is 0 Å². The Balaban J connectivity index is 3.84. The molecule has 0 aromatic heterocycles. The summed E-state index contributed by atoms with van der Waals surface area (Å²) in [5.41, 5.74) is 0. The molecule has 1 atom stereocenters. The number of esters is 1. The molecule has 0 aliphatic carbocycles. The van der Waals surface area contributed by atoms with Crippen LogP contribution in [0.1, 0.15) is 162 Å². The molecular formula is C36H62O4. The fraction of sp³-hybridized carbons (Fsp3) is 0.722. The van der Waals surface area contributed by atoms with E-state index in [0.717, 1.165) is 64.2 Å². The number of rotatable bonds is 29. The number of hydrogen-bond donors (Lipinski definition) is 1. The third-order valence-electron chi connectivity index (χ3n) is 7.07. The Kier molecular flexibility index (Phi) is 29.8. The highest BCUT2D eigenvalue weighted by atomic mass is 16.5. The first kappa shape index (κ1) is 37.9. The summed E-state index contributed by atoms with van der Waals surface area (Å²) in [4.78, 5) is 23.3. The average Bonchev–Trinajstić information content (AvgIpc) is 2.94. The highest BCUT2D eigenvalue weighted by Gasteiger charge is 2.15. The highest BCUT2D eigenvalue weighted by Crippen LogP contribution is 2.16. The number of carbonyl (C=O) groups is 2. The van der Waals surface area contributed by atoms with Crippen molar-refractivity contribution >= 4 is 11.9 Å². The summed E-state index contributed by atoms with van der Waals surface area (Å²) in [7, 11) is 0. The van der Waals surface area contributed by atoms with E-state index < -0.39 is 5.97 Å². The number of hydrogen-bond acceptors (Lipinski definition) is 3. The Labute approximate surface area is 247 Å². The first-order chi connectivity index (χ1) is 19.6. The molecule has 0 aliphatic rings. The highest BCUT2D eigenvalue weighted by molar-refractivity contribution is 5.69. The Morgan fingerprint density at radius 3 is 1.55 bits per heavy atom. The van der Waals surface area contributed by atoms with Crippen LogP contribution in [0.4, 0.5) is 0 Å². The summed E-state index contributed by atoms with van der Waals surface area (Å²) in [6.07, 6.45) is 41.2. The average molecular weight is 559 g/mol. The molecule has 0 saturated heterocycles. The molecule has 0 aromatic carbocycles. The normalized spacial score (nSPS) is 12.8. The van der Waals surface area contributed by atoms with Gasteiger partial charge in [0.05, 0.1) is 0 Å². The summed E-state index contributed by atoms with van der Waals surface area (Å²) < 4.78 is 5.67. The van der Waals surface area contributed by atoms with Crippen molar-refractivity contribution in [3.63, 3.8) is 0 Å². The quantitative estimate of drug-likeness (QED) is 0.0563. The van der Waals surface area contributed by atoms with Gasteiger partial charge in [0.2, 0.25) is 0 Å². The van der Waals surface area contributed by atoms with Gasteiger partial charge in [0.25, 0.3) is 0 Å². The first-order valence-electron chi connectivity index (χ1n) is 16.6. The number of unbranched alkanes of at least 4 members (excludes halogenated alkanes) is 13. The van der Waals surface area contributed by atoms with E-state index in [2.05, 4.69) is 62.5 Å². The van der Waals surface area contributed by atoms with Crippen LogP contribution >= 0.6 is 0 Å². The SMILES string of the molecule is CCCCC/C=C\C/C=C\C/C=C\C/C=C\CCCCCC(=O)OC(CCCCCCCCCC)CCC(=O)O. The zero-order chi connectivity index (χ0) is 29.4. The Bertz CT molecular complexity index is 689. The van der Waals surface area contributed by atoms with Crippen molar-refractivity contribution in [2.45, 2.75) is 168 Å². The summed E-state index contributed by atoms with van der Waals surface area (Å²) >= 11 is 0. The molecule has 0 rings (SSSR count). The molecule has 0 bridgehead atoms. The van der Waals surface area contributed by atoms with Crippen molar-refractivity contribution in [3.8, 4) is 0 Å². The van der Waals surface area contributed by atoms with Crippen molar-refractivity contribution in [1.82, 2.24) is 0 Å². The van der Waals surface area contributed by atoms with Crippen molar-refractivity contribution < 1.29 is 19.4 Å². The minimum absolute atomic E-state index is 0.0596. The third-order valence-corrected chi connectivity index (χ3v) is 7.07. The van der Waals surface area contributed by atoms with Crippen LogP contribution in [0.25, 0.3) is 0 Å². The molecule has 230 valence electrons. The third kappa shape index (κ3) is 30.4. The molecule has 40 heavy (non-hydrogen) atoms. The number of carbonyl (C=O) groups excluding carboxylic acids is 1. The van der Waals surface area contributed by atoms with E-state index in [4.69, 9.17) is 9.84 Å². The zero-order valence-corrected chi connectivity index (χ0v) is 26.1. The van der Waals surface area contributed by atoms with Crippen LogP contribution < -0.4 is 0 Å². The maximum atomic E-state index is 12.3. The topological polar surface area (TPSA) is 63.6 Å². The molecule has 0 aliphatic heterocycles. The van der Waals surface area contributed by atoms with E-state index in [1.807, 2.05) is 0 Å². The lowest BCUT2D eigenvalue weighted by Gasteiger charge is -2.17. The summed E-state index contributed by atoms with van der Waals surface area (Å²) in [6.45, 7) is 4.47. The maximum Gasteiger partial charge on any atom is 0.306 e. The van der Waals surface area contributed by atoms with Crippen LogP contribution in [0, 0.1) is 0 Å². The lowest BCUT2D eigenvalue weighted by atomic mass is 10.0. The second-order valence-corrected chi connectivity index (χ2v) is 11.0. The van der Waals surface area contributed by atoms with E-state index in [-0.39, 0.29) is 18.5 Å². The number of carboxylic acids is 1. The first-order valence-corrected chi connectivity index (χ1v) is 16.6. The van der Waals surface area contributed by atoms with Gasteiger partial charge in [0.1, 0.15) is 6.10 Å². The molecule has 0 fully saturated rings. The molecule has 0 heterocycles. The zero-order valence-electron chi connectivity index (χ0n) is 26.1. The summed E-state index contributed by atoms with van der Waals surface area (Å²) in [6, 6.07) is 0. The Morgan fingerprint density at radius 2 is 1.00 bits per heavy atom. The monoisotopic (exact) mass is 558 g/mol. The molecule has 0 spiro atoms. The lowest BCUT2D eigenvalue weighted by Crippen LogP contribution is -2.19. The molecule has 0 radical (unpaired) electrons. The van der Waals surface area contributed by atoms with Crippen LogP contribution in [0.3, 0.4) is 0 Å². The van der Waals surface area contributed by atoms with Gasteiger partial charge in [0, 0.05) is 12.8 Å². The van der Waals surface area contributed by atoms with Crippen molar-refractivity contribution in [1.29, 1.82) is 0 Å². The summed E-state index contributed by atoms with van der Waals surface area (Å²) in [5.74, 6) is -0.999. The van der Waals surface area contributed by atoms with Gasteiger partial charge in [-0.15, -0.1) is 0 Å². The smallest absolute Gasteiger partial charge is 0.306 e. The van der Waals surface area contributed by atoms with Gasteiger partial charge in [-0.25, -0.2) is 0 Å². The standard InChI is InChI=1S/C36H62O4/c1-3-5-7-9-11-13-14-15-16-17-18-19-20-21-22-23-25-27-29-31-36(39)40-34(32-33-35(37)38)30-28-26-24-12-10-8-6-4-2/h11,13,15-16,18-19,21-22,34H,3-10,12,14,17,20,23-33H2,1-2H3,(H,37,38)/b13-11-,16-15-,19-18-,22-21-. The van der Waals surface area contributed by atoms with E-state index in [0.29, 0.717) is 12.8 Å². The predicted octanol–water partition coefficient (Wildman–Crippen LogP) is 11.2. The fourth-order valence-electron chi connectivity index (χ4n) is 4.57. The summed E-state index contributed by atoms with van der Waals surface area (Å²) in [5, 5.41) is 9.03. The molecule has 4 heteroatoms. The molecular weight excluding hydrogens is 496 g/mol. The second-order valence-electron chi connectivity index (χ2n) is 11.0. The number of ether oxygens (including phenoxy) is 1. The Hall–Kier alpha value is -2.10. The van der Waals surface area contributed by atoms with Gasteiger partial charge < -0.3 is 9.84 Å². The lowest BCUT2D eigenvalue weighted by molar-refractivity contribution is -0.151. The maximum absolute atomic E-state index is 12.3. The fourth-order valence-corrected chi connectivity index (χ4v) is 4.57. The van der Waals surface area contributed by atoms with Crippen molar-refractivity contribution in [2.75, 3.05) is 0 Å². The predicted molar refractivity (Wildman–Crippen MR) is 172 cm³/mol. The van der Waals surface area contributed by atoms with Crippen LogP contribution in [-0.4, -0.2) is 23.1 Å². The van der Waals surface area contributed by atoms with Crippen LogP contribution in [-0.2, 0) is 14.3 Å². The minimum Gasteiger partial charge on any atom is -0.481 e. The van der Waals surface area contributed by atoms with Gasteiger partial charge >= 0.3 is 11.9 Å². The van der Waals surface area contributed by atoms with Gasteiger partial charge in [-0.3, -0.25) is 9.59 Å². The molecule has 1 unspecified atom stereocenters. The van der Waals surface area contributed by atoms with E-state index >= 15 is 0 Å². The van der Waals surface area contributed by atoms with E-state index in [1.54, 1.807) is 0 Å². The van der Waals surface area contributed by atoms with Gasteiger partial charge in [-0.1, -0.05) is 127 Å². The van der Waals surface area contributed by atoms with Crippen LogP contribution in [0.15, 0.2) is 48.6 Å². The molecule has 0 amide bonds. The largest absolute Gasteiger partial charge is 0.481 e. The molecule has 4 nitrogen and oxygen atoms in total. The van der Waals surface area contributed by atoms with Gasteiger partial charge in [0.15, 0.2) is 0 Å². The number of carboxylic acid groups (broad SMARTS) is 1. The van der Waals surface area contributed by atoms with Gasteiger partial charge in [-0.2, -0.15) is 0 Å². The molecule has 0 saturated carbocycles. The minimum atomic E-state index is -0.825. The number of allylic oxidation sites excluding steroid dienone is 8. The Morgan fingerprint density at radius 1 is 0.550 bits per heavy atom. The van der Waals surface area contributed by atoms with Crippen LogP contribution in [0.2, 0.25) is 0 Å². The van der Waals surface area contributed by atoms with Gasteiger partial charge in [-0.05, 0) is 70.6 Å². The molecule has 0 aromatic rings. The van der Waals surface area contributed by atoms with Crippen molar-refractivity contribution in [2.24, 2.45) is 0 Å².